The lowest BCUT2D eigenvalue weighted by atomic mass is 9.92. The normalized spacial score (nSPS) is 32.5. The number of phosphoric acid groups is 1. The highest BCUT2D eigenvalue weighted by molar-refractivity contribution is 7.48. The lowest BCUT2D eigenvalue weighted by Crippen LogP contribution is -2.60. The minimum Gasteiger partial charge on any atom is -0.460 e. The first-order valence-corrected chi connectivity index (χ1v) is 13.2. The monoisotopic (exact) mass is 562 g/mol. The summed E-state index contributed by atoms with van der Waals surface area (Å²) in [7, 11) is -4.40. The summed E-state index contributed by atoms with van der Waals surface area (Å²) in [5.74, 6) is -3.65. The summed E-state index contributed by atoms with van der Waals surface area (Å²) in [6.45, 7) is 5.65. The van der Waals surface area contributed by atoms with E-state index in [0.29, 0.717) is 0 Å². The van der Waals surface area contributed by atoms with E-state index < -0.39 is 80.5 Å². The van der Waals surface area contributed by atoms with Crippen LogP contribution in [-0.4, -0.2) is 90.0 Å². The van der Waals surface area contributed by atoms with Gasteiger partial charge in [-0.05, 0) is 26.8 Å². The van der Waals surface area contributed by atoms with Gasteiger partial charge in [-0.15, -0.1) is 0 Å². The van der Waals surface area contributed by atoms with Gasteiger partial charge in [0.2, 0.25) is 12.0 Å². The molecule has 2 saturated heterocycles. The summed E-state index contributed by atoms with van der Waals surface area (Å²) in [4.78, 5) is 60.9. The number of hydrogen-bond donors (Lipinski definition) is 1. The maximum atomic E-state index is 13.4. The van der Waals surface area contributed by atoms with Gasteiger partial charge in [0.25, 0.3) is 0 Å². The van der Waals surface area contributed by atoms with Crippen molar-refractivity contribution in [3.63, 3.8) is 0 Å². The van der Waals surface area contributed by atoms with Crippen LogP contribution in [0.4, 0.5) is 0 Å². The molecule has 0 aromatic heterocycles. The average molecular weight is 562 g/mol. The molecule has 0 spiro atoms. The number of nitrogens with two attached hydrogens (primary N) is 1. The summed E-state index contributed by atoms with van der Waals surface area (Å²) in [6.07, 6.45) is -4.78. The molecular formula is C22H31N2O13P. The third-order valence-electron chi connectivity index (χ3n) is 5.64. The predicted molar refractivity (Wildman–Crippen MR) is 124 cm³/mol. The Balaban J connectivity index is 1.76. The molecule has 0 saturated carbocycles. The summed E-state index contributed by atoms with van der Waals surface area (Å²) in [5.41, 5.74) is 5.03. The summed E-state index contributed by atoms with van der Waals surface area (Å²) in [6, 6.07) is 0. The van der Waals surface area contributed by atoms with Crippen molar-refractivity contribution in [2.45, 2.75) is 83.3 Å². The Labute approximate surface area is 218 Å². The van der Waals surface area contributed by atoms with Gasteiger partial charge in [0.05, 0.1) is 24.7 Å². The van der Waals surface area contributed by atoms with Gasteiger partial charge in [-0.25, -0.2) is 9.36 Å². The molecule has 3 heterocycles. The molecule has 0 radical (unpaired) electrons. The number of phosphoric ester groups is 1. The quantitative estimate of drug-likeness (QED) is 0.172. The second-order valence-electron chi connectivity index (χ2n) is 9.38. The third-order valence-corrected chi connectivity index (χ3v) is 7.06. The standard InChI is InChI=1S/C22H31N2O13P/c1-11(2)33-20(29)18(35-13(4)26)15(34-12(3)25)9-31-38(30)32-10-16-19(37-38)22(5,23)21(36-16)24-7-6-14(27)8-17(24)28/h6-7,11,15-16,18-19,21H,8-10,23H2,1-5H3/t15-,16-,18+,19-,21-,22-,38?/m1/s1. The zero-order valence-corrected chi connectivity index (χ0v) is 22.4. The number of amides is 1. The van der Waals surface area contributed by atoms with Crippen molar-refractivity contribution in [1.82, 2.24) is 4.90 Å². The van der Waals surface area contributed by atoms with E-state index in [1.54, 1.807) is 13.8 Å². The lowest BCUT2D eigenvalue weighted by molar-refractivity contribution is -0.185. The molecule has 212 valence electrons. The smallest absolute Gasteiger partial charge is 0.460 e. The molecule has 15 nitrogen and oxygen atoms in total. The van der Waals surface area contributed by atoms with Gasteiger partial charge in [-0.3, -0.25) is 37.6 Å². The highest BCUT2D eigenvalue weighted by atomic mass is 31.2. The number of carbonyl (C=O) groups excluding carboxylic acids is 5. The van der Waals surface area contributed by atoms with Crippen molar-refractivity contribution in [3.8, 4) is 0 Å². The van der Waals surface area contributed by atoms with E-state index in [0.717, 1.165) is 18.7 Å². The Morgan fingerprint density at radius 3 is 2.42 bits per heavy atom. The molecule has 0 aromatic carbocycles. The van der Waals surface area contributed by atoms with Gasteiger partial charge in [0.15, 0.2) is 18.1 Å². The summed E-state index contributed by atoms with van der Waals surface area (Å²) >= 11 is 0. The van der Waals surface area contributed by atoms with E-state index in [1.807, 2.05) is 0 Å². The number of allylic oxidation sites excluding steroid dienone is 1. The van der Waals surface area contributed by atoms with E-state index in [9.17, 15) is 28.5 Å². The zero-order chi connectivity index (χ0) is 28.4. The number of hydrogen-bond acceptors (Lipinski definition) is 14. The number of nitrogens with zero attached hydrogens (tertiary/aromatic N) is 1. The van der Waals surface area contributed by atoms with Gasteiger partial charge in [0, 0.05) is 20.0 Å². The molecule has 7 atom stereocenters. The Morgan fingerprint density at radius 1 is 1.18 bits per heavy atom. The number of carbonyl (C=O) groups is 5. The number of esters is 3. The van der Waals surface area contributed by atoms with Gasteiger partial charge in [0.1, 0.15) is 18.8 Å². The molecule has 16 heteroatoms. The second-order valence-corrected chi connectivity index (χ2v) is 11.0. The van der Waals surface area contributed by atoms with E-state index in [2.05, 4.69) is 0 Å². The minimum atomic E-state index is -4.40. The highest BCUT2D eigenvalue weighted by Gasteiger charge is 2.60. The van der Waals surface area contributed by atoms with Crippen molar-refractivity contribution in [1.29, 1.82) is 0 Å². The molecule has 38 heavy (non-hydrogen) atoms. The molecule has 3 rings (SSSR count). The molecule has 3 aliphatic rings. The molecule has 1 amide bonds. The molecule has 0 bridgehead atoms. The maximum absolute atomic E-state index is 13.4. The molecule has 2 fully saturated rings. The van der Waals surface area contributed by atoms with Crippen LogP contribution in [-0.2, 0) is 61.1 Å². The van der Waals surface area contributed by atoms with Crippen LogP contribution in [0.25, 0.3) is 0 Å². The van der Waals surface area contributed by atoms with Gasteiger partial charge in [-0.1, -0.05) is 0 Å². The largest absolute Gasteiger partial charge is 0.475 e. The molecule has 1 unspecified atom stereocenters. The fraction of sp³-hybridized carbons (Fsp3) is 0.682. The molecule has 0 aromatic rings. The van der Waals surface area contributed by atoms with Crippen LogP contribution in [0.2, 0.25) is 0 Å². The average Bonchev–Trinajstić information content (AvgIpc) is 3.04. The van der Waals surface area contributed by atoms with E-state index in [-0.39, 0.29) is 18.8 Å². The highest BCUT2D eigenvalue weighted by Crippen LogP contribution is 2.57. The van der Waals surface area contributed by atoms with Crippen molar-refractivity contribution in [2.75, 3.05) is 13.2 Å². The molecular weight excluding hydrogens is 531 g/mol. The SMILES string of the molecule is CC(=O)O[C@H](C(=O)OC(C)C)[C@@H](COP1(=O)OC[C@H]2O[C@@H](N3C=CC(=O)CC3=O)[C@](C)(N)[C@@H]2O1)OC(C)=O. The Hall–Kier alpha value is -2.68. The van der Waals surface area contributed by atoms with Crippen LogP contribution in [0, 0.1) is 0 Å². The van der Waals surface area contributed by atoms with Crippen molar-refractivity contribution in [3.05, 3.63) is 12.3 Å². The van der Waals surface area contributed by atoms with Crippen LogP contribution in [0.3, 0.4) is 0 Å². The van der Waals surface area contributed by atoms with Crippen molar-refractivity contribution in [2.24, 2.45) is 5.73 Å². The first-order chi connectivity index (χ1) is 17.6. The van der Waals surface area contributed by atoms with E-state index in [1.165, 1.54) is 19.2 Å². The minimum absolute atomic E-state index is 0.309. The topological polar surface area (TPSA) is 196 Å². The third kappa shape index (κ3) is 6.84. The summed E-state index contributed by atoms with van der Waals surface area (Å²) < 4.78 is 50.6. The second kappa shape index (κ2) is 11.6. The first-order valence-electron chi connectivity index (χ1n) is 11.7. The number of rotatable bonds is 9. The number of ether oxygens (including phenoxy) is 4. The van der Waals surface area contributed by atoms with E-state index in [4.69, 9.17) is 38.3 Å². The van der Waals surface area contributed by atoms with Gasteiger partial charge < -0.3 is 24.7 Å². The van der Waals surface area contributed by atoms with Gasteiger partial charge in [-0.2, -0.15) is 0 Å². The lowest BCUT2D eigenvalue weighted by Gasteiger charge is -2.38. The number of ketones is 1. The van der Waals surface area contributed by atoms with Gasteiger partial charge >= 0.3 is 25.7 Å². The number of fused-ring (bicyclic) bond motifs is 1. The van der Waals surface area contributed by atoms with Crippen LogP contribution < -0.4 is 5.73 Å². The fourth-order valence-electron chi connectivity index (χ4n) is 4.07. The predicted octanol–water partition coefficient (Wildman–Crippen LogP) is 0.0989. The van der Waals surface area contributed by atoms with Crippen LogP contribution in [0.5, 0.6) is 0 Å². The molecule has 2 N–H and O–H groups in total. The Bertz CT molecular complexity index is 1060. The Morgan fingerprint density at radius 2 is 1.84 bits per heavy atom. The first kappa shape index (κ1) is 29.9. The zero-order valence-electron chi connectivity index (χ0n) is 21.5. The summed E-state index contributed by atoms with van der Waals surface area (Å²) in [5, 5.41) is 0. The van der Waals surface area contributed by atoms with Crippen LogP contribution in [0.1, 0.15) is 41.0 Å². The maximum Gasteiger partial charge on any atom is 0.475 e. The Kier molecular flexibility index (Phi) is 9.12. The van der Waals surface area contributed by atoms with E-state index >= 15 is 0 Å². The van der Waals surface area contributed by atoms with Crippen LogP contribution >= 0.6 is 7.82 Å². The van der Waals surface area contributed by atoms with Crippen molar-refractivity contribution >= 4 is 37.4 Å². The van der Waals surface area contributed by atoms with Crippen molar-refractivity contribution < 1.29 is 61.1 Å². The molecule has 0 aliphatic carbocycles. The van der Waals surface area contributed by atoms with Crippen LogP contribution in [0.15, 0.2) is 12.3 Å². The molecule has 3 aliphatic heterocycles. The fourth-order valence-corrected chi connectivity index (χ4v) is 5.57.